The molecule has 0 aromatic heterocycles. The van der Waals surface area contributed by atoms with Crippen LogP contribution in [-0.4, -0.2) is 0 Å². The van der Waals surface area contributed by atoms with Crippen molar-refractivity contribution in [2.45, 2.75) is 26.4 Å². The number of hydrogen-bond donors (Lipinski definition) is 1. The molecule has 0 fully saturated rings. The summed E-state index contributed by atoms with van der Waals surface area (Å²) in [5.41, 5.74) is 2.62. The van der Waals surface area contributed by atoms with Gasteiger partial charge in [0, 0.05) is 19.4 Å². The van der Waals surface area contributed by atoms with Crippen molar-refractivity contribution in [3.8, 4) is 0 Å². The topological polar surface area (TPSA) is 26.0 Å². The minimum Gasteiger partial charge on any atom is -0.398 e. The summed E-state index contributed by atoms with van der Waals surface area (Å²) < 4.78 is 97.5. The first-order valence-electron chi connectivity index (χ1n) is 9.29. The van der Waals surface area contributed by atoms with E-state index in [-0.39, 0.29) is 0 Å². The number of rotatable bonds is 2. The van der Waals surface area contributed by atoms with Gasteiger partial charge in [-0.25, -0.2) is 0 Å². The maximum atomic E-state index is 7.73. The Morgan fingerprint density at radius 1 is 1.45 bits per heavy atom. The van der Waals surface area contributed by atoms with Gasteiger partial charge in [-0.3, -0.25) is 0 Å². The monoisotopic (exact) mass is 162 g/mol. The highest BCUT2D eigenvalue weighted by Crippen LogP contribution is 2.17. The molecule has 0 unspecified atom stereocenters. The highest BCUT2D eigenvalue weighted by molar-refractivity contribution is 5.53. The molecule has 0 saturated heterocycles. The zero-order valence-electron chi connectivity index (χ0n) is 18.6. The van der Waals surface area contributed by atoms with E-state index in [1.54, 1.807) is 0 Å². The Morgan fingerprint density at radius 3 is 2.45 bits per heavy atom. The predicted molar refractivity (Wildman–Crippen MR) is 49.6 cm³/mol. The average molecular weight is 162 g/mol. The molecule has 11 heavy (non-hydrogen) atoms. The first-order valence-corrected chi connectivity index (χ1v) is 2.79. The summed E-state index contributed by atoms with van der Waals surface area (Å²) in [7, 11) is 0. The van der Waals surface area contributed by atoms with Crippen LogP contribution < -0.4 is 5.73 Å². The number of nitrogen functional groups attached to an aromatic ring is 1. The SMILES string of the molecule is [2H]c1c([2H])c(C([2H])([2H])C([2H])([2H])[2H])c(N)c(C([2H])([2H])C([2H])([2H])[2H])c1[2H]. The molecular weight excluding hydrogens is 134 g/mol. The van der Waals surface area contributed by atoms with Crippen LogP contribution in [0.5, 0.6) is 0 Å². The van der Waals surface area contributed by atoms with E-state index >= 15 is 0 Å². The van der Waals surface area contributed by atoms with E-state index in [9.17, 15) is 0 Å². The number of anilines is 1. The molecule has 0 aliphatic heterocycles. The second-order valence-electron chi connectivity index (χ2n) is 1.79. The maximum Gasteiger partial charge on any atom is 0.0626 e. The van der Waals surface area contributed by atoms with Gasteiger partial charge in [0.05, 0.1) is 4.11 Å². The van der Waals surface area contributed by atoms with Gasteiger partial charge < -0.3 is 5.73 Å². The van der Waals surface area contributed by atoms with E-state index in [1.165, 1.54) is 0 Å². The fourth-order valence-electron chi connectivity index (χ4n) is 0.613. The van der Waals surface area contributed by atoms with Gasteiger partial charge in [-0.1, -0.05) is 31.8 Å². The molecule has 0 spiro atoms. The van der Waals surface area contributed by atoms with Crippen molar-refractivity contribution < 1.29 is 17.8 Å². The molecule has 0 radical (unpaired) electrons. The van der Waals surface area contributed by atoms with Crippen LogP contribution >= 0.6 is 0 Å². The smallest absolute Gasteiger partial charge is 0.0626 e. The Hall–Kier alpha value is -0.980. The van der Waals surface area contributed by atoms with E-state index < -0.39 is 61.4 Å². The molecule has 0 bridgehead atoms. The molecule has 1 rings (SSSR count). The molecule has 0 atom stereocenters. The molecular formula is C10H15N. The van der Waals surface area contributed by atoms with Gasteiger partial charge in [0.2, 0.25) is 0 Å². The minimum atomic E-state index is -3.31. The zero-order chi connectivity index (χ0) is 19.5. The van der Waals surface area contributed by atoms with Crippen LogP contribution in [0.1, 0.15) is 42.7 Å². The Morgan fingerprint density at radius 2 is 2.00 bits per heavy atom. The van der Waals surface area contributed by atoms with Gasteiger partial charge in [0.1, 0.15) is 0 Å². The Bertz CT molecular complexity index is 601. The summed E-state index contributed by atoms with van der Waals surface area (Å²) in [6, 6.07) is -3.00. The lowest BCUT2D eigenvalue weighted by Crippen LogP contribution is -1.97. The normalized spacial score (nSPS) is 32.2. The molecule has 1 heteroatoms. The number of benzene rings is 1. The van der Waals surface area contributed by atoms with E-state index in [2.05, 4.69) is 0 Å². The van der Waals surface area contributed by atoms with E-state index in [4.69, 9.17) is 23.6 Å². The fraction of sp³-hybridized carbons (Fsp3) is 0.400. The summed E-state index contributed by atoms with van der Waals surface area (Å²) in [4.78, 5) is 0. The van der Waals surface area contributed by atoms with Crippen molar-refractivity contribution in [3.63, 3.8) is 0 Å². The molecule has 60 valence electrons. The van der Waals surface area contributed by atoms with Crippen LogP contribution in [0.4, 0.5) is 5.69 Å². The van der Waals surface area contributed by atoms with Crippen molar-refractivity contribution in [1.29, 1.82) is 0 Å². The van der Waals surface area contributed by atoms with E-state index in [0.29, 0.717) is 0 Å². The van der Waals surface area contributed by atoms with Crippen molar-refractivity contribution >= 4 is 5.69 Å². The van der Waals surface area contributed by atoms with Crippen LogP contribution in [-0.2, 0) is 12.7 Å². The summed E-state index contributed by atoms with van der Waals surface area (Å²) in [6.45, 7) is -6.62. The highest BCUT2D eigenvalue weighted by atomic mass is 14.6. The molecule has 2 N–H and O–H groups in total. The molecule has 1 aromatic rings. The van der Waals surface area contributed by atoms with Crippen LogP contribution in [0.2, 0.25) is 0 Å². The van der Waals surface area contributed by atoms with Gasteiger partial charge in [-0.15, -0.1) is 0 Å². The van der Waals surface area contributed by atoms with Gasteiger partial charge in [-0.2, -0.15) is 0 Å². The average Bonchev–Trinajstić information content (AvgIpc) is 2.33. The third kappa shape index (κ3) is 1.53. The summed E-state index contributed by atoms with van der Waals surface area (Å²) in [5.74, 6) is 0. The maximum absolute atomic E-state index is 7.73. The van der Waals surface area contributed by atoms with Crippen LogP contribution in [0.3, 0.4) is 0 Å². The molecule has 1 nitrogen and oxygen atoms in total. The Labute approximate surface area is 86.5 Å². The number of hydrogen-bond acceptors (Lipinski definition) is 1. The van der Waals surface area contributed by atoms with Gasteiger partial charge >= 0.3 is 0 Å². The van der Waals surface area contributed by atoms with Crippen LogP contribution in [0, 0.1) is 0 Å². The quantitative estimate of drug-likeness (QED) is 0.664. The third-order valence-electron chi connectivity index (χ3n) is 1.16. The largest absolute Gasteiger partial charge is 0.398 e. The lowest BCUT2D eigenvalue weighted by molar-refractivity contribution is 1.09. The van der Waals surface area contributed by atoms with E-state index in [0.717, 1.165) is 0 Å². The van der Waals surface area contributed by atoms with Crippen molar-refractivity contribution in [3.05, 3.63) is 29.3 Å². The molecule has 0 aliphatic rings. The van der Waals surface area contributed by atoms with Crippen LogP contribution in [0.15, 0.2) is 18.1 Å². The van der Waals surface area contributed by atoms with Gasteiger partial charge in [0.15, 0.2) is 0 Å². The lowest BCUT2D eigenvalue weighted by Gasteiger charge is -2.06. The standard InChI is InChI=1S/C10H15N/c1-3-8-6-5-7-9(4-2)10(8)11/h5-7H,3-4,11H2,1-2H3/i1D3,2D3,3D2,4D2,5D,6D,7D. The summed E-state index contributed by atoms with van der Waals surface area (Å²) >= 11 is 0. The first kappa shape index (κ1) is 1.54. The predicted octanol–water partition coefficient (Wildman–Crippen LogP) is 2.39. The second-order valence-corrected chi connectivity index (χ2v) is 1.79. The van der Waals surface area contributed by atoms with Crippen molar-refractivity contribution in [1.82, 2.24) is 0 Å². The minimum absolute atomic E-state index is 0.955. The van der Waals surface area contributed by atoms with Crippen molar-refractivity contribution in [2.24, 2.45) is 0 Å². The molecule has 0 heterocycles. The molecule has 1 aromatic carbocycles. The summed E-state index contributed by atoms with van der Waals surface area (Å²) in [5, 5.41) is 0. The molecule has 0 amide bonds. The number of para-hydroxylation sites is 1. The lowest BCUT2D eigenvalue weighted by atomic mass is 10.0. The summed E-state index contributed by atoms with van der Waals surface area (Å²) in [6.07, 6.45) is -6.48. The fourth-order valence-corrected chi connectivity index (χ4v) is 0.613. The molecule has 0 saturated carbocycles. The van der Waals surface area contributed by atoms with Gasteiger partial charge in [-0.05, 0) is 23.9 Å². The zero-order valence-corrected chi connectivity index (χ0v) is 5.58. The highest BCUT2D eigenvalue weighted by Gasteiger charge is 1.99. The van der Waals surface area contributed by atoms with Gasteiger partial charge in [0.25, 0.3) is 0 Å². The van der Waals surface area contributed by atoms with E-state index in [1.807, 2.05) is 0 Å². The third-order valence-corrected chi connectivity index (χ3v) is 1.16. The second kappa shape index (κ2) is 3.42. The van der Waals surface area contributed by atoms with Crippen LogP contribution in [0.25, 0.3) is 0 Å². The molecule has 0 aliphatic carbocycles. The Kier molecular flexibility index (Phi) is 0.479. The Balaban J connectivity index is 4.00. The number of nitrogens with two attached hydrogens (primary N) is 1. The first-order chi connectivity index (χ1) is 10.4. The van der Waals surface area contributed by atoms with Crippen molar-refractivity contribution in [2.75, 3.05) is 5.73 Å².